The molecule has 1 aromatic carbocycles. The van der Waals surface area contributed by atoms with Crippen LogP contribution in [0.1, 0.15) is 12.3 Å². The normalized spacial score (nSPS) is 11.4. The Morgan fingerprint density at radius 2 is 2.00 bits per heavy atom. The maximum absolute atomic E-state index is 12.0. The van der Waals surface area contributed by atoms with Crippen molar-refractivity contribution in [1.82, 2.24) is 10.1 Å². The van der Waals surface area contributed by atoms with Crippen LogP contribution in [0.5, 0.6) is 0 Å². The summed E-state index contributed by atoms with van der Waals surface area (Å²) < 4.78 is 27.5. The van der Waals surface area contributed by atoms with Crippen LogP contribution < -0.4 is 10.5 Å². The minimum absolute atomic E-state index is 0.0162. The number of aromatic nitrogens is 2. The van der Waals surface area contributed by atoms with E-state index < -0.39 is 10.0 Å². The second-order valence-electron chi connectivity index (χ2n) is 5.11. The van der Waals surface area contributed by atoms with Crippen molar-refractivity contribution in [3.8, 4) is 10.7 Å². The molecule has 2 aromatic heterocycles. The van der Waals surface area contributed by atoms with Gasteiger partial charge in [-0.25, -0.2) is 13.6 Å². The Kier molecular flexibility index (Phi) is 4.93. The third-order valence-corrected chi connectivity index (χ3v) is 5.04. The van der Waals surface area contributed by atoms with E-state index in [9.17, 15) is 13.2 Å². The highest BCUT2D eigenvalue weighted by Crippen LogP contribution is 2.21. The van der Waals surface area contributed by atoms with Gasteiger partial charge >= 0.3 is 0 Å². The number of carbonyl (C=O) groups excluding carboxylic acids is 1. The molecule has 1 amide bonds. The van der Waals surface area contributed by atoms with Crippen LogP contribution in [0.3, 0.4) is 0 Å². The molecule has 0 atom stereocenters. The van der Waals surface area contributed by atoms with E-state index in [2.05, 4.69) is 15.5 Å². The number of primary sulfonamides is 1. The van der Waals surface area contributed by atoms with Crippen molar-refractivity contribution in [1.29, 1.82) is 0 Å². The van der Waals surface area contributed by atoms with Crippen molar-refractivity contribution in [2.75, 3.05) is 5.32 Å². The average Bonchev–Trinajstić information content (AvgIpc) is 3.24. The summed E-state index contributed by atoms with van der Waals surface area (Å²) in [5.74, 6) is 0.631. The van der Waals surface area contributed by atoms with Crippen molar-refractivity contribution < 1.29 is 17.7 Å². The first-order chi connectivity index (χ1) is 11.9. The van der Waals surface area contributed by atoms with Crippen molar-refractivity contribution in [3.05, 3.63) is 47.7 Å². The van der Waals surface area contributed by atoms with Crippen LogP contribution in [0.4, 0.5) is 5.69 Å². The minimum atomic E-state index is -3.75. The van der Waals surface area contributed by atoms with E-state index in [0.717, 1.165) is 4.88 Å². The monoisotopic (exact) mass is 378 g/mol. The first-order valence-corrected chi connectivity index (χ1v) is 9.63. The number of amides is 1. The highest BCUT2D eigenvalue weighted by Gasteiger charge is 2.12. The van der Waals surface area contributed by atoms with Crippen molar-refractivity contribution in [2.45, 2.75) is 17.7 Å². The number of nitrogens with two attached hydrogens (primary N) is 1. The zero-order valence-corrected chi connectivity index (χ0v) is 14.5. The van der Waals surface area contributed by atoms with E-state index in [0.29, 0.717) is 23.8 Å². The van der Waals surface area contributed by atoms with Crippen LogP contribution in [0.25, 0.3) is 10.7 Å². The number of anilines is 1. The zero-order valence-electron chi connectivity index (χ0n) is 12.9. The van der Waals surface area contributed by atoms with Gasteiger partial charge < -0.3 is 9.84 Å². The van der Waals surface area contributed by atoms with Crippen LogP contribution in [-0.2, 0) is 21.2 Å². The molecule has 25 heavy (non-hydrogen) atoms. The smallest absolute Gasteiger partial charge is 0.238 e. The number of aryl methyl sites for hydroxylation is 1. The summed E-state index contributed by atoms with van der Waals surface area (Å²) in [4.78, 5) is 17.1. The van der Waals surface area contributed by atoms with Crippen molar-refractivity contribution in [2.24, 2.45) is 5.14 Å². The fourth-order valence-electron chi connectivity index (χ4n) is 2.03. The molecule has 0 saturated heterocycles. The van der Waals surface area contributed by atoms with Gasteiger partial charge in [0.2, 0.25) is 27.6 Å². The van der Waals surface area contributed by atoms with Crippen molar-refractivity contribution >= 4 is 33.0 Å². The number of thiophene rings is 1. The molecule has 0 aliphatic heterocycles. The summed E-state index contributed by atoms with van der Waals surface area (Å²) in [6.45, 7) is 0. The molecule has 0 fully saturated rings. The lowest BCUT2D eigenvalue weighted by molar-refractivity contribution is -0.116. The number of benzene rings is 1. The number of hydrogen-bond acceptors (Lipinski definition) is 7. The second kappa shape index (κ2) is 7.13. The summed E-state index contributed by atoms with van der Waals surface area (Å²) in [5, 5.41) is 13.5. The third kappa shape index (κ3) is 4.50. The Labute approximate surface area is 147 Å². The van der Waals surface area contributed by atoms with Gasteiger partial charge in [0.05, 0.1) is 9.77 Å². The Morgan fingerprint density at radius 3 is 2.64 bits per heavy atom. The van der Waals surface area contributed by atoms with Gasteiger partial charge in [-0.15, -0.1) is 11.3 Å². The average molecular weight is 378 g/mol. The fourth-order valence-corrected chi connectivity index (χ4v) is 3.20. The largest absolute Gasteiger partial charge is 0.339 e. The van der Waals surface area contributed by atoms with E-state index in [1.54, 1.807) is 0 Å². The van der Waals surface area contributed by atoms with E-state index in [1.807, 2.05) is 17.5 Å². The number of hydrogen-bond donors (Lipinski definition) is 2. The molecule has 2 heterocycles. The Bertz CT molecular complexity index is 963. The first-order valence-electron chi connectivity index (χ1n) is 7.21. The van der Waals surface area contributed by atoms with Crippen LogP contribution in [0.15, 0.2) is 51.2 Å². The quantitative estimate of drug-likeness (QED) is 0.675. The predicted molar refractivity (Wildman–Crippen MR) is 92.4 cm³/mol. The van der Waals surface area contributed by atoms with E-state index in [1.165, 1.54) is 35.6 Å². The number of rotatable bonds is 6. The van der Waals surface area contributed by atoms with Crippen molar-refractivity contribution in [3.63, 3.8) is 0 Å². The van der Waals surface area contributed by atoms with Crippen LogP contribution in [0, 0.1) is 0 Å². The molecular formula is C15H14N4O4S2. The van der Waals surface area contributed by atoms with Gasteiger partial charge in [0, 0.05) is 18.5 Å². The lowest BCUT2D eigenvalue weighted by Gasteiger charge is -2.05. The molecule has 8 nitrogen and oxygen atoms in total. The number of sulfonamides is 1. The summed E-state index contributed by atoms with van der Waals surface area (Å²) in [6, 6.07) is 9.38. The summed E-state index contributed by atoms with van der Waals surface area (Å²) >= 11 is 1.50. The molecule has 0 bridgehead atoms. The minimum Gasteiger partial charge on any atom is -0.339 e. The molecule has 0 spiro atoms. The highest BCUT2D eigenvalue weighted by molar-refractivity contribution is 7.89. The number of nitrogens with one attached hydrogen (secondary N) is 1. The zero-order chi connectivity index (χ0) is 17.9. The van der Waals surface area contributed by atoms with Crippen LogP contribution in [0.2, 0.25) is 0 Å². The van der Waals surface area contributed by atoms with Gasteiger partial charge in [-0.3, -0.25) is 4.79 Å². The van der Waals surface area contributed by atoms with Gasteiger partial charge in [-0.1, -0.05) is 11.2 Å². The number of carbonyl (C=O) groups is 1. The fraction of sp³-hybridized carbons (Fsp3) is 0.133. The maximum Gasteiger partial charge on any atom is 0.238 e. The Morgan fingerprint density at radius 1 is 1.24 bits per heavy atom. The van der Waals surface area contributed by atoms with Crippen LogP contribution >= 0.6 is 11.3 Å². The second-order valence-corrected chi connectivity index (χ2v) is 7.62. The Balaban J connectivity index is 1.55. The lowest BCUT2D eigenvalue weighted by Crippen LogP contribution is -2.14. The summed E-state index contributed by atoms with van der Waals surface area (Å²) in [7, 11) is -3.75. The highest BCUT2D eigenvalue weighted by atomic mass is 32.2. The molecule has 130 valence electrons. The van der Waals surface area contributed by atoms with Gasteiger partial charge in [0.25, 0.3) is 0 Å². The van der Waals surface area contributed by atoms with Gasteiger partial charge in [0.15, 0.2) is 0 Å². The van der Waals surface area contributed by atoms with Crippen LogP contribution in [-0.4, -0.2) is 24.5 Å². The topological polar surface area (TPSA) is 128 Å². The molecular weight excluding hydrogens is 364 g/mol. The third-order valence-electron chi connectivity index (χ3n) is 3.24. The molecule has 3 rings (SSSR count). The standard InChI is InChI=1S/C15H14N4O4S2/c16-25(21,22)11-5-3-10(4-6-11)17-13(20)7-8-14-18-15(19-23-14)12-2-1-9-24-12/h1-6,9H,7-8H2,(H,17,20)(H2,16,21,22). The molecule has 0 aliphatic rings. The molecule has 3 N–H and O–H groups in total. The van der Waals surface area contributed by atoms with E-state index >= 15 is 0 Å². The predicted octanol–water partition coefficient (Wildman–Crippen LogP) is 2.02. The molecule has 10 heteroatoms. The molecule has 0 saturated carbocycles. The van der Waals surface area contributed by atoms with Gasteiger partial charge in [-0.05, 0) is 35.7 Å². The first kappa shape index (κ1) is 17.3. The molecule has 0 unspecified atom stereocenters. The number of nitrogens with zero attached hydrogens (tertiary/aromatic N) is 2. The Hall–Kier alpha value is -2.56. The summed E-state index contributed by atoms with van der Waals surface area (Å²) in [5.41, 5.74) is 0.474. The summed E-state index contributed by atoms with van der Waals surface area (Å²) in [6.07, 6.45) is 0.461. The molecule has 3 aromatic rings. The molecule has 0 radical (unpaired) electrons. The maximum atomic E-state index is 12.0. The van der Waals surface area contributed by atoms with E-state index in [4.69, 9.17) is 9.66 Å². The molecule has 0 aliphatic carbocycles. The van der Waals surface area contributed by atoms with Gasteiger partial charge in [0.1, 0.15) is 0 Å². The van der Waals surface area contributed by atoms with Gasteiger partial charge in [-0.2, -0.15) is 4.98 Å². The SMILES string of the molecule is NS(=O)(=O)c1ccc(NC(=O)CCc2nc(-c3cccs3)no2)cc1. The van der Waals surface area contributed by atoms with E-state index in [-0.39, 0.29) is 17.2 Å². The lowest BCUT2D eigenvalue weighted by atomic mass is 10.2.